The molecule has 0 N–H and O–H groups in total. The van der Waals surface area contributed by atoms with Gasteiger partial charge in [-0.2, -0.15) is 0 Å². The van der Waals surface area contributed by atoms with Crippen molar-refractivity contribution >= 4 is 94.2 Å². The van der Waals surface area contributed by atoms with E-state index in [1.807, 2.05) is 0 Å². The van der Waals surface area contributed by atoms with E-state index in [-0.39, 0.29) is 0 Å². The van der Waals surface area contributed by atoms with E-state index in [1.165, 1.54) is 104 Å². The summed E-state index contributed by atoms with van der Waals surface area (Å²) in [6.07, 6.45) is 0. The summed E-state index contributed by atoms with van der Waals surface area (Å²) in [6.45, 7) is 2.30. The van der Waals surface area contributed by atoms with Crippen molar-refractivity contribution in [3.05, 3.63) is 586 Å². The van der Waals surface area contributed by atoms with Gasteiger partial charge in [0.1, 0.15) is 0 Å². The molecule has 24 aromatic carbocycles. The van der Waals surface area contributed by atoms with Gasteiger partial charge in [0.15, 0.2) is 8.07 Å². The lowest BCUT2D eigenvalue weighted by atomic mass is 9.89. The average molecular weight is 1980 g/mol. The summed E-state index contributed by atoms with van der Waals surface area (Å²) in [6, 6.07) is 28.8. The minimum Gasteiger partial charge on any atom is -0.309 e. The zero-order valence-corrected chi connectivity index (χ0v) is 80.1. The molecule has 1 aliphatic rings. The summed E-state index contributed by atoms with van der Waals surface area (Å²) in [5.74, 6) is 0. The molecule has 27 aromatic rings. The molecule has 0 saturated carbocycles. The van der Waals surface area contributed by atoms with Gasteiger partial charge in [-0.1, -0.05) is 490 Å². The quantitative estimate of drug-likeness (QED) is 0.0761. The molecule has 0 unspecified atom stereocenters. The van der Waals surface area contributed by atoms with Gasteiger partial charge in [-0.3, -0.25) is 0 Å². The molecular formula is C146H101N3Si. The molecule has 4 heteroatoms. The van der Waals surface area contributed by atoms with E-state index in [0.717, 1.165) is 13.8 Å². The summed E-state index contributed by atoms with van der Waals surface area (Å²) in [5.41, 5.74) is -10.2. The van der Waals surface area contributed by atoms with E-state index in [2.05, 4.69) is 253 Å². The van der Waals surface area contributed by atoms with Crippen molar-refractivity contribution in [2.24, 2.45) is 0 Å². The molecule has 0 bridgehead atoms. The van der Waals surface area contributed by atoms with Crippen molar-refractivity contribution in [2.75, 3.05) is 0 Å². The minimum atomic E-state index is -2.84. The van der Waals surface area contributed by atoms with E-state index >= 15 is 0 Å². The van der Waals surface area contributed by atoms with E-state index in [1.54, 1.807) is 0 Å². The van der Waals surface area contributed by atoms with Gasteiger partial charge in [0, 0.05) is 49.1 Å². The Kier molecular flexibility index (Phi) is 12.7. The fourth-order valence-corrected chi connectivity index (χ4v) is 26.3. The van der Waals surface area contributed by atoms with E-state index in [4.69, 9.17) is 26.0 Å². The maximum atomic E-state index is 10.9. The Morgan fingerprint density at radius 1 is 0.167 bits per heavy atom. The molecule has 150 heavy (non-hydrogen) atoms. The summed E-state index contributed by atoms with van der Waals surface area (Å²) in [7, 11) is -2.84. The maximum absolute atomic E-state index is 10.9. The zero-order chi connectivity index (χ0) is 146. The predicted molar refractivity (Wildman–Crippen MR) is 639 cm³/mol. The lowest BCUT2D eigenvalue weighted by molar-refractivity contribution is 1.15. The lowest BCUT2D eigenvalue weighted by Crippen LogP contribution is -2.73. The first-order valence-electron chi connectivity index (χ1n) is 74.2. The second-order valence-electron chi connectivity index (χ2n) is 35.4. The van der Waals surface area contributed by atoms with Crippen LogP contribution < -0.4 is 20.7 Å². The van der Waals surface area contributed by atoms with E-state index < -0.39 is 495 Å². The molecule has 0 fully saturated rings. The highest BCUT2D eigenvalue weighted by Gasteiger charge is 2.50. The number of benzene rings is 24. The summed E-state index contributed by atoms with van der Waals surface area (Å²) in [4.78, 5) is 0. The summed E-state index contributed by atoms with van der Waals surface area (Å²) >= 11 is 0. The number of aryl methyl sites for hydroxylation is 1. The highest BCUT2D eigenvalue weighted by atomic mass is 28.3. The number of fused-ring (bicyclic) bond motifs is 12. The minimum absolute atomic E-state index is 0.409. The summed E-state index contributed by atoms with van der Waals surface area (Å²) < 4.78 is 508. The van der Waals surface area contributed by atoms with Crippen molar-refractivity contribution < 1.29 is 72.7 Å². The van der Waals surface area contributed by atoms with Crippen LogP contribution in [-0.4, -0.2) is 21.8 Å². The fourth-order valence-electron chi connectivity index (χ4n) is 20.9. The molecule has 0 atom stereocenters. The molecule has 0 aliphatic carbocycles. The van der Waals surface area contributed by atoms with Crippen LogP contribution >= 0.6 is 0 Å². The SMILES string of the molecule is [2H]c1cc(-c2c([2H])c([2H])c([2H])c([2H])c2[2H])c(-c2c([2H])c([2H])c3c(c2[2H])c2c([2H])c(-c4c([2H])c([2H])c([2H])c([2H])c4-c4c([2H])c([2H])c([2H])c([2H])c4[2H])c([2H])c([2H])c2n3-c2c([2H])c([2H])c([2H])c([2H])c2-c2c([2H])c([2H])c([2H])c([2H])c2-n2c3c([2H])c([2H])c(-c4c([2H])c([2H])c([2H])c([2H])c4-c4c([2H])c([2H])c([2H])c([2H])c4[2H])c([2H])c3c3c([2H])c(-c4c([2H])c([2H])c([2H])c([2H])c4-c4c([2H])c([2H])c([2H])c([2H])c4[2H])c(C)c(C)c32)c([2H])c1[2H].c1ccc(-c2ccccc2-c2ccc3c(c2)c2cc(-c4ccccc4-c4ccccc4)ccc2n3-c2ccccc2[Si]2(c3ccccc3)c3ccccc3-c3ccccc32)cc1. The maximum Gasteiger partial charge on any atom is 0.183 e. The van der Waals surface area contributed by atoms with Crippen LogP contribution in [0.1, 0.15) is 83.8 Å². The van der Waals surface area contributed by atoms with Gasteiger partial charge in [-0.05, 0) is 275 Å². The van der Waals surface area contributed by atoms with Crippen molar-refractivity contribution in [3.8, 4) is 173 Å². The van der Waals surface area contributed by atoms with Crippen LogP contribution in [0.2, 0.25) is 0 Å². The van der Waals surface area contributed by atoms with E-state index in [0.29, 0.717) is 15.2 Å². The Bertz CT molecular complexity index is 12900. The van der Waals surface area contributed by atoms with Gasteiger partial charge in [-0.15, -0.1) is 0 Å². The molecule has 28 rings (SSSR count). The first kappa shape index (κ1) is 50.1. The van der Waals surface area contributed by atoms with Gasteiger partial charge in [0.2, 0.25) is 0 Å². The molecule has 1 aliphatic heterocycles. The third kappa shape index (κ3) is 15.3. The topological polar surface area (TPSA) is 14.8 Å². The highest BCUT2D eigenvalue weighted by Crippen LogP contribution is 2.51. The molecule has 0 radical (unpaired) electrons. The molecule has 4 heterocycles. The Morgan fingerprint density at radius 2 is 0.480 bits per heavy atom. The molecule has 3 nitrogen and oxygen atoms in total. The molecule has 0 amide bonds. The average Bonchev–Trinajstić information content (AvgIpc) is 1.52. The van der Waals surface area contributed by atoms with Crippen LogP contribution in [-0.2, 0) is 0 Å². The standard InChI is InChI=1S/C86H60N2.C60H41NSi/c1-57-58(2)86-80(56-76(57)73-42-22-21-38-69(73)62-33-13-6-14-34-62)79-55-65(72-41-20-17-37-68(72)61-31-11-5-12-32-61)49-52-85(79)88(86)82-46-26-24-44-75(82)74-43-23-25-45-81(74)87-83-50-47-63(70-39-18-15-35-66(70)59-27-7-3-8-28-59)53-77(83)78-54-64(48-51-84(78)87)71-40-19-16-36-67(71)60-29-9-4-10-30-60;1-4-20-42(21-5-1)47-26-10-12-28-49(47)44-36-38-55-53(40-44)54-41-45(50-29-13-11-27-48(50)43-22-6-2-7-23-43)37-39-56(54)61(55)57-32-16-19-35-60(57)62(46-24-8-3-9-25-46)58-33-17-14-30-51(58)52-31-15-18-34-59(52)62/h3-56H,1-2H3;1-41H/i3D,4D,5D,6D,7D,8D,9D,10D,11D,12D,13D,14D,15D,16D,17D,18D,19D,20D,21D,22D,23D,24D,25D,26D,27D,28D,29D,30D,31D,32D,33D,34D,35D,37D,38D,39D,40D,41D,42D,43D,44D,45D,46D,47D,48D,49D,50D,51D,52D,53D,54D,55D,56D;. The van der Waals surface area contributed by atoms with Gasteiger partial charge in [0.05, 0.1) is 117 Å². The van der Waals surface area contributed by atoms with Crippen LogP contribution in [0.4, 0.5) is 0 Å². The third-order valence-corrected chi connectivity index (χ3v) is 32.4. The van der Waals surface area contributed by atoms with Gasteiger partial charge in [-0.25, -0.2) is 0 Å². The highest BCUT2D eigenvalue weighted by molar-refractivity contribution is 7.22. The molecular weight excluding hydrogens is 1820 g/mol. The first-order chi connectivity index (χ1) is 96.4. The van der Waals surface area contributed by atoms with Gasteiger partial charge < -0.3 is 13.7 Å². The Hall–Kier alpha value is -19.1. The largest absolute Gasteiger partial charge is 0.309 e. The van der Waals surface area contributed by atoms with Crippen LogP contribution in [0.15, 0.2) is 575 Å². The smallest absolute Gasteiger partial charge is 0.183 e. The van der Waals surface area contributed by atoms with Crippen LogP contribution in [0, 0.1) is 13.8 Å². The number of hydrogen-bond donors (Lipinski definition) is 0. The number of para-hydroxylation sites is 3. The lowest BCUT2D eigenvalue weighted by Gasteiger charge is -2.33. The van der Waals surface area contributed by atoms with Crippen molar-refractivity contribution in [1.82, 2.24) is 13.7 Å². The van der Waals surface area contributed by atoms with E-state index in [9.17, 15) is 46.6 Å². The normalized spacial score (nSPS) is 16.9. The molecule has 0 spiro atoms. The summed E-state index contributed by atoms with van der Waals surface area (Å²) in [5, 5.41) is 3.99. The van der Waals surface area contributed by atoms with Gasteiger partial charge >= 0.3 is 0 Å². The first-order valence-corrected chi connectivity index (χ1v) is 49.7. The monoisotopic (exact) mass is 1980 g/mol. The van der Waals surface area contributed by atoms with Gasteiger partial charge in [0.25, 0.3) is 0 Å². The van der Waals surface area contributed by atoms with Crippen LogP contribution in [0.25, 0.3) is 238 Å². The van der Waals surface area contributed by atoms with Crippen molar-refractivity contribution in [1.29, 1.82) is 0 Å². The Labute approximate surface area is 949 Å². The predicted octanol–water partition coefficient (Wildman–Crippen LogP) is 36.3. The Morgan fingerprint density at radius 3 is 0.933 bits per heavy atom. The zero-order valence-electron chi connectivity index (χ0n) is 132. The molecule has 704 valence electrons. The second-order valence-corrected chi connectivity index (χ2v) is 39.1. The second kappa shape index (κ2) is 38.1. The van der Waals surface area contributed by atoms with Crippen LogP contribution in [0.3, 0.4) is 0 Å². The van der Waals surface area contributed by atoms with Crippen molar-refractivity contribution in [3.63, 3.8) is 0 Å². The van der Waals surface area contributed by atoms with Crippen molar-refractivity contribution in [2.45, 2.75) is 13.8 Å². The Balaban J connectivity index is 0.000000248. The molecule has 0 saturated heterocycles. The molecule has 3 aromatic heterocycles. The third-order valence-electron chi connectivity index (χ3n) is 27.5. The number of hydrogen-bond acceptors (Lipinski definition) is 0. The number of nitrogens with zero attached hydrogens (tertiary/aromatic N) is 3. The fraction of sp³-hybridized carbons (Fsp3) is 0.0137. The number of aromatic nitrogens is 3. The number of rotatable bonds is 18. The van der Waals surface area contributed by atoms with Crippen LogP contribution in [0.5, 0.6) is 0 Å².